The molecule has 1 aliphatic heterocycles. The minimum atomic E-state index is 0.0924. The van der Waals surface area contributed by atoms with Gasteiger partial charge in [-0.1, -0.05) is 19.1 Å². The van der Waals surface area contributed by atoms with Crippen LogP contribution in [0.4, 0.5) is 0 Å². The fraction of sp³-hybridized carbons (Fsp3) is 0.562. The maximum Gasteiger partial charge on any atom is 0.123 e. The highest BCUT2D eigenvalue weighted by Crippen LogP contribution is 2.20. The van der Waals surface area contributed by atoms with Gasteiger partial charge in [0, 0.05) is 18.7 Å². The quantitative estimate of drug-likeness (QED) is 0.910. The van der Waals surface area contributed by atoms with Crippen LogP contribution in [0.25, 0.3) is 11.0 Å². The summed E-state index contributed by atoms with van der Waals surface area (Å²) in [7, 11) is 0. The van der Waals surface area contributed by atoms with Gasteiger partial charge in [-0.15, -0.1) is 0 Å². The van der Waals surface area contributed by atoms with E-state index in [-0.39, 0.29) is 5.54 Å². The number of para-hydroxylation sites is 2. The molecule has 1 fully saturated rings. The first-order chi connectivity index (χ1) is 9.72. The van der Waals surface area contributed by atoms with Gasteiger partial charge < -0.3 is 14.6 Å². The summed E-state index contributed by atoms with van der Waals surface area (Å²) in [6.45, 7) is 7.90. The largest absolute Gasteiger partial charge is 0.379 e. The Morgan fingerprint density at radius 1 is 1.40 bits per heavy atom. The number of hydrogen-bond donors (Lipinski definition) is 1. The highest BCUT2D eigenvalue weighted by Gasteiger charge is 2.29. The van der Waals surface area contributed by atoms with E-state index in [1.54, 1.807) is 0 Å². The zero-order valence-corrected chi connectivity index (χ0v) is 12.4. The zero-order chi connectivity index (χ0) is 14.0. The van der Waals surface area contributed by atoms with Crippen molar-refractivity contribution in [2.45, 2.75) is 45.3 Å². The summed E-state index contributed by atoms with van der Waals surface area (Å²) in [6, 6.07) is 8.38. The first-order valence-corrected chi connectivity index (χ1v) is 7.49. The monoisotopic (exact) mass is 273 g/mol. The number of aromatic nitrogens is 2. The normalized spacial score (nSPS) is 22.7. The maximum atomic E-state index is 5.50. The smallest absolute Gasteiger partial charge is 0.123 e. The van der Waals surface area contributed by atoms with E-state index in [0.717, 1.165) is 50.5 Å². The third-order valence-corrected chi connectivity index (χ3v) is 4.07. The number of imidazole rings is 1. The van der Waals surface area contributed by atoms with Gasteiger partial charge in [0.05, 0.1) is 24.2 Å². The van der Waals surface area contributed by atoms with Gasteiger partial charge in [-0.3, -0.25) is 0 Å². The number of rotatable bonds is 5. The van der Waals surface area contributed by atoms with Crippen LogP contribution in [0, 0.1) is 0 Å². The first kappa shape index (κ1) is 13.6. The molecule has 2 aromatic rings. The Labute approximate surface area is 120 Å². The molecule has 1 aliphatic rings. The van der Waals surface area contributed by atoms with Crippen molar-refractivity contribution >= 4 is 11.0 Å². The number of fused-ring (bicyclic) bond motifs is 1. The van der Waals surface area contributed by atoms with E-state index in [2.05, 4.69) is 48.0 Å². The average molecular weight is 273 g/mol. The molecule has 0 saturated carbocycles. The van der Waals surface area contributed by atoms with Crippen LogP contribution in [0.15, 0.2) is 24.3 Å². The molecular weight excluding hydrogens is 250 g/mol. The molecule has 20 heavy (non-hydrogen) atoms. The van der Waals surface area contributed by atoms with Crippen molar-refractivity contribution < 1.29 is 4.74 Å². The van der Waals surface area contributed by atoms with Crippen LogP contribution in [0.5, 0.6) is 0 Å². The molecule has 0 spiro atoms. The molecule has 4 nitrogen and oxygen atoms in total. The topological polar surface area (TPSA) is 39.1 Å². The minimum Gasteiger partial charge on any atom is -0.379 e. The molecular formula is C16H23N3O. The first-order valence-electron chi connectivity index (χ1n) is 7.49. The molecule has 1 N–H and O–H groups in total. The van der Waals surface area contributed by atoms with Gasteiger partial charge in [-0.25, -0.2) is 4.98 Å². The molecule has 0 amide bonds. The Hall–Kier alpha value is -1.39. The molecule has 0 bridgehead atoms. The van der Waals surface area contributed by atoms with Crippen LogP contribution in [0.2, 0.25) is 0 Å². The van der Waals surface area contributed by atoms with Crippen molar-refractivity contribution in [2.75, 3.05) is 13.2 Å². The van der Waals surface area contributed by atoms with Gasteiger partial charge in [0.25, 0.3) is 0 Å². The zero-order valence-electron chi connectivity index (χ0n) is 12.4. The number of benzene rings is 1. The van der Waals surface area contributed by atoms with Gasteiger partial charge >= 0.3 is 0 Å². The lowest BCUT2D eigenvalue weighted by Crippen LogP contribution is -2.42. The number of nitrogens with one attached hydrogen (secondary N) is 1. The van der Waals surface area contributed by atoms with Gasteiger partial charge in [0.15, 0.2) is 0 Å². The molecule has 4 heteroatoms. The van der Waals surface area contributed by atoms with Crippen LogP contribution >= 0.6 is 0 Å². The summed E-state index contributed by atoms with van der Waals surface area (Å²) in [5.41, 5.74) is 2.42. The predicted molar refractivity (Wildman–Crippen MR) is 80.7 cm³/mol. The lowest BCUT2D eigenvalue weighted by Gasteiger charge is -2.23. The number of ether oxygens (including phenoxy) is 1. The average Bonchev–Trinajstić information content (AvgIpc) is 3.03. The number of hydrogen-bond acceptors (Lipinski definition) is 3. The maximum absolute atomic E-state index is 5.50. The predicted octanol–water partition coefficient (Wildman–Crippen LogP) is 2.71. The Morgan fingerprint density at radius 3 is 3.00 bits per heavy atom. The van der Waals surface area contributed by atoms with Gasteiger partial charge in [-0.05, 0) is 31.9 Å². The van der Waals surface area contributed by atoms with Crippen LogP contribution in [-0.2, 0) is 17.8 Å². The fourth-order valence-corrected chi connectivity index (χ4v) is 2.83. The lowest BCUT2D eigenvalue weighted by atomic mass is 10.0. The van der Waals surface area contributed by atoms with Crippen molar-refractivity contribution in [3.8, 4) is 0 Å². The fourth-order valence-electron chi connectivity index (χ4n) is 2.83. The van der Waals surface area contributed by atoms with Crippen LogP contribution in [0.3, 0.4) is 0 Å². The van der Waals surface area contributed by atoms with Crippen molar-refractivity contribution in [3.63, 3.8) is 0 Å². The highest BCUT2D eigenvalue weighted by atomic mass is 16.5. The van der Waals surface area contributed by atoms with Crippen molar-refractivity contribution in [3.05, 3.63) is 30.1 Å². The molecule has 1 aromatic heterocycles. The van der Waals surface area contributed by atoms with E-state index >= 15 is 0 Å². The summed E-state index contributed by atoms with van der Waals surface area (Å²) in [5, 5.41) is 3.63. The Morgan fingerprint density at radius 2 is 2.25 bits per heavy atom. The molecule has 1 atom stereocenters. The van der Waals surface area contributed by atoms with E-state index in [4.69, 9.17) is 9.72 Å². The summed E-state index contributed by atoms with van der Waals surface area (Å²) in [4.78, 5) is 4.78. The number of aryl methyl sites for hydroxylation is 1. The van der Waals surface area contributed by atoms with E-state index < -0.39 is 0 Å². The summed E-state index contributed by atoms with van der Waals surface area (Å²) < 4.78 is 7.83. The third kappa shape index (κ3) is 2.58. The second-order valence-electron chi connectivity index (χ2n) is 5.89. The molecule has 0 aliphatic carbocycles. The van der Waals surface area contributed by atoms with Crippen molar-refractivity contribution in [1.82, 2.24) is 14.9 Å². The van der Waals surface area contributed by atoms with Gasteiger partial charge in [-0.2, -0.15) is 0 Å². The van der Waals surface area contributed by atoms with E-state index in [9.17, 15) is 0 Å². The van der Waals surface area contributed by atoms with Crippen molar-refractivity contribution in [1.29, 1.82) is 0 Å². The molecule has 2 heterocycles. The summed E-state index contributed by atoms with van der Waals surface area (Å²) in [6.07, 6.45) is 2.19. The highest BCUT2D eigenvalue weighted by molar-refractivity contribution is 5.75. The molecule has 1 aromatic carbocycles. The Balaban J connectivity index is 1.84. The van der Waals surface area contributed by atoms with Crippen LogP contribution < -0.4 is 5.32 Å². The third-order valence-electron chi connectivity index (χ3n) is 4.07. The minimum absolute atomic E-state index is 0.0924. The van der Waals surface area contributed by atoms with Gasteiger partial charge in [0.1, 0.15) is 5.82 Å². The summed E-state index contributed by atoms with van der Waals surface area (Å²) >= 11 is 0. The van der Waals surface area contributed by atoms with Crippen LogP contribution in [-0.4, -0.2) is 28.3 Å². The SMILES string of the molecule is CCCn1c(CNC2(C)CCOC2)nc2ccccc21. The van der Waals surface area contributed by atoms with Crippen LogP contribution in [0.1, 0.15) is 32.5 Å². The standard InChI is InChI=1S/C16H23N3O/c1-3-9-19-14-7-5-4-6-13(14)18-15(19)11-17-16(2)8-10-20-12-16/h4-7,17H,3,8-12H2,1-2H3. The molecule has 0 radical (unpaired) electrons. The molecule has 1 saturated heterocycles. The van der Waals surface area contributed by atoms with Crippen molar-refractivity contribution in [2.24, 2.45) is 0 Å². The molecule has 3 rings (SSSR count). The number of nitrogens with zero attached hydrogens (tertiary/aromatic N) is 2. The lowest BCUT2D eigenvalue weighted by molar-refractivity contribution is 0.171. The van der Waals surface area contributed by atoms with E-state index in [1.165, 1.54) is 5.52 Å². The second kappa shape index (κ2) is 5.54. The summed E-state index contributed by atoms with van der Waals surface area (Å²) in [5.74, 6) is 1.13. The second-order valence-corrected chi connectivity index (χ2v) is 5.89. The Bertz CT molecular complexity index is 584. The van der Waals surface area contributed by atoms with E-state index in [0.29, 0.717) is 0 Å². The van der Waals surface area contributed by atoms with Gasteiger partial charge in [0.2, 0.25) is 0 Å². The molecule has 108 valence electrons. The van der Waals surface area contributed by atoms with E-state index in [1.807, 2.05) is 0 Å². The molecule has 1 unspecified atom stereocenters. The Kier molecular flexibility index (Phi) is 3.76.